The second kappa shape index (κ2) is 6.80. The molecule has 1 aromatic carbocycles. The lowest BCUT2D eigenvalue weighted by Crippen LogP contribution is -2.37. The SMILES string of the molecule is Clc1nc(N2CCOCC2)c2c(-c3ccc4c(c3)CCCC4)csc2n1. The lowest BCUT2D eigenvalue weighted by Gasteiger charge is -2.28. The van der Waals surface area contributed by atoms with Crippen molar-refractivity contribution in [1.82, 2.24) is 9.97 Å². The Kier molecular flexibility index (Phi) is 4.31. The first kappa shape index (κ1) is 16.5. The third-order valence-electron chi connectivity index (χ3n) is 5.36. The topological polar surface area (TPSA) is 38.2 Å². The summed E-state index contributed by atoms with van der Waals surface area (Å²) < 4.78 is 5.51. The maximum atomic E-state index is 6.22. The number of benzene rings is 1. The van der Waals surface area contributed by atoms with E-state index in [2.05, 4.69) is 38.4 Å². The van der Waals surface area contributed by atoms with Crippen LogP contribution in [0.25, 0.3) is 21.3 Å². The monoisotopic (exact) mass is 385 g/mol. The summed E-state index contributed by atoms with van der Waals surface area (Å²) in [7, 11) is 0. The number of rotatable bonds is 2. The van der Waals surface area contributed by atoms with Crippen LogP contribution < -0.4 is 4.90 Å². The number of aromatic nitrogens is 2. The molecule has 0 amide bonds. The van der Waals surface area contributed by atoms with Crippen molar-refractivity contribution in [3.8, 4) is 11.1 Å². The van der Waals surface area contributed by atoms with Crippen LogP contribution in [0.15, 0.2) is 23.6 Å². The molecule has 0 radical (unpaired) electrons. The van der Waals surface area contributed by atoms with Crippen LogP contribution >= 0.6 is 22.9 Å². The zero-order valence-electron chi connectivity index (χ0n) is 14.5. The van der Waals surface area contributed by atoms with Crippen molar-refractivity contribution in [2.75, 3.05) is 31.2 Å². The summed E-state index contributed by atoms with van der Waals surface area (Å²) in [4.78, 5) is 12.3. The largest absolute Gasteiger partial charge is 0.378 e. The van der Waals surface area contributed by atoms with E-state index in [4.69, 9.17) is 16.3 Å². The van der Waals surface area contributed by atoms with Crippen molar-refractivity contribution in [3.05, 3.63) is 40.0 Å². The summed E-state index contributed by atoms with van der Waals surface area (Å²) in [5.74, 6) is 0.942. The van der Waals surface area contributed by atoms with E-state index in [-0.39, 0.29) is 0 Å². The maximum Gasteiger partial charge on any atom is 0.225 e. The molecule has 5 rings (SSSR count). The number of aryl methyl sites for hydroxylation is 2. The third kappa shape index (κ3) is 2.88. The second-order valence-electron chi connectivity index (χ2n) is 6.94. The van der Waals surface area contributed by atoms with Gasteiger partial charge in [0, 0.05) is 24.0 Å². The van der Waals surface area contributed by atoms with Gasteiger partial charge in [-0.25, -0.2) is 4.98 Å². The van der Waals surface area contributed by atoms with Gasteiger partial charge in [-0.05, 0) is 54.0 Å². The highest BCUT2D eigenvalue weighted by atomic mass is 35.5. The first-order chi connectivity index (χ1) is 12.8. The summed E-state index contributed by atoms with van der Waals surface area (Å²) in [5, 5.41) is 3.64. The molecule has 3 heterocycles. The van der Waals surface area contributed by atoms with Crippen LogP contribution in [0.1, 0.15) is 24.0 Å². The molecule has 134 valence electrons. The van der Waals surface area contributed by atoms with Crippen molar-refractivity contribution in [2.24, 2.45) is 0 Å². The summed E-state index contributed by atoms with van der Waals surface area (Å²) in [5.41, 5.74) is 5.48. The number of nitrogens with zero attached hydrogens (tertiary/aromatic N) is 3. The molecule has 1 aliphatic heterocycles. The molecule has 0 N–H and O–H groups in total. The molecule has 6 heteroatoms. The quantitative estimate of drug-likeness (QED) is 0.598. The van der Waals surface area contributed by atoms with E-state index in [9.17, 15) is 0 Å². The van der Waals surface area contributed by atoms with Gasteiger partial charge < -0.3 is 9.64 Å². The number of thiophene rings is 1. The molecule has 1 aliphatic carbocycles. The van der Waals surface area contributed by atoms with Crippen LogP contribution in [0.4, 0.5) is 5.82 Å². The molecule has 2 aromatic heterocycles. The Morgan fingerprint density at radius 1 is 1.04 bits per heavy atom. The fourth-order valence-corrected chi connectivity index (χ4v) is 5.17. The van der Waals surface area contributed by atoms with Crippen LogP contribution in [-0.4, -0.2) is 36.3 Å². The maximum absolute atomic E-state index is 6.22. The highest BCUT2D eigenvalue weighted by molar-refractivity contribution is 7.17. The summed E-state index contributed by atoms with van der Waals surface area (Å²) in [6.07, 6.45) is 4.99. The van der Waals surface area contributed by atoms with Gasteiger partial charge in [0.15, 0.2) is 0 Å². The zero-order chi connectivity index (χ0) is 17.5. The van der Waals surface area contributed by atoms with Gasteiger partial charge in [0.2, 0.25) is 5.28 Å². The fraction of sp³-hybridized carbons (Fsp3) is 0.400. The minimum absolute atomic E-state index is 0.317. The highest BCUT2D eigenvalue weighted by Gasteiger charge is 2.21. The average molecular weight is 386 g/mol. The Morgan fingerprint density at radius 3 is 2.69 bits per heavy atom. The standard InChI is InChI=1S/C20H20ClN3OS/c21-20-22-18(24-7-9-25-10-8-24)17-16(12-26-19(17)23-20)15-6-5-13-3-1-2-4-14(13)11-15/h5-6,11-12H,1-4,7-10H2. The summed E-state index contributed by atoms with van der Waals surface area (Å²) in [6, 6.07) is 6.93. The van der Waals surface area contributed by atoms with E-state index in [1.54, 1.807) is 11.3 Å². The molecular formula is C20H20ClN3OS. The number of fused-ring (bicyclic) bond motifs is 2. The molecule has 2 aliphatic rings. The van der Waals surface area contributed by atoms with E-state index >= 15 is 0 Å². The van der Waals surface area contributed by atoms with Crippen molar-refractivity contribution < 1.29 is 4.74 Å². The third-order valence-corrected chi connectivity index (χ3v) is 6.40. The lowest BCUT2D eigenvalue weighted by molar-refractivity contribution is 0.122. The van der Waals surface area contributed by atoms with Gasteiger partial charge in [-0.3, -0.25) is 0 Å². The number of ether oxygens (including phenoxy) is 1. The Bertz CT molecular complexity index is 965. The van der Waals surface area contributed by atoms with Crippen molar-refractivity contribution in [3.63, 3.8) is 0 Å². The molecule has 3 aromatic rings. The first-order valence-corrected chi connectivity index (χ1v) is 10.4. The number of hydrogen-bond acceptors (Lipinski definition) is 5. The normalized spacial score (nSPS) is 17.5. The van der Waals surface area contributed by atoms with Crippen LogP contribution in [0.3, 0.4) is 0 Å². The molecule has 0 atom stereocenters. The van der Waals surface area contributed by atoms with Gasteiger partial charge in [0.05, 0.1) is 18.6 Å². The molecular weight excluding hydrogens is 366 g/mol. The van der Waals surface area contributed by atoms with E-state index in [1.807, 2.05) is 0 Å². The van der Waals surface area contributed by atoms with Crippen molar-refractivity contribution in [2.45, 2.75) is 25.7 Å². The first-order valence-electron chi connectivity index (χ1n) is 9.19. The number of hydrogen-bond donors (Lipinski definition) is 0. The lowest BCUT2D eigenvalue weighted by atomic mass is 9.89. The molecule has 0 spiro atoms. The molecule has 0 unspecified atom stereocenters. The van der Waals surface area contributed by atoms with Crippen LogP contribution in [0, 0.1) is 0 Å². The predicted octanol–water partition coefficient (Wildman–Crippen LogP) is 4.73. The van der Waals surface area contributed by atoms with E-state index in [1.165, 1.54) is 47.9 Å². The Labute approximate surface area is 161 Å². The van der Waals surface area contributed by atoms with Crippen LogP contribution in [0.5, 0.6) is 0 Å². The van der Waals surface area contributed by atoms with Gasteiger partial charge in [-0.1, -0.05) is 18.2 Å². The molecule has 26 heavy (non-hydrogen) atoms. The van der Waals surface area contributed by atoms with Crippen LogP contribution in [0.2, 0.25) is 5.28 Å². The number of halogens is 1. The van der Waals surface area contributed by atoms with Crippen molar-refractivity contribution in [1.29, 1.82) is 0 Å². The summed E-state index contributed by atoms with van der Waals surface area (Å²) >= 11 is 7.86. The highest BCUT2D eigenvalue weighted by Crippen LogP contribution is 2.40. The van der Waals surface area contributed by atoms with Gasteiger partial charge in [-0.15, -0.1) is 11.3 Å². The smallest absolute Gasteiger partial charge is 0.225 e. The second-order valence-corrected chi connectivity index (χ2v) is 8.13. The van der Waals surface area contributed by atoms with Crippen LogP contribution in [-0.2, 0) is 17.6 Å². The summed E-state index contributed by atoms with van der Waals surface area (Å²) in [6.45, 7) is 3.12. The van der Waals surface area contributed by atoms with E-state index in [0.717, 1.165) is 42.3 Å². The predicted molar refractivity (Wildman–Crippen MR) is 108 cm³/mol. The molecule has 4 nitrogen and oxygen atoms in total. The Morgan fingerprint density at radius 2 is 1.85 bits per heavy atom. The zero-order valence-corrected chi connectivity index (χ0v) is 16.1. The number of morpholine rings is 1. The molecule has 1 saturated heterocycles. The van der Waals surface area contributed by atoms with Gasteiger partial charge in [0.1, 0.15) is 10.6 Å². The minimum atomic E-state index is 0.317. The minimum Gasteiger partial charge on any atom is -0.378 e. The Hall–Kier alpha value is -1.69. The molecule has 1 fully saturated rings. The Balaban J connectivity index is 1.66. The average Bonchev–Trinajstić information content (AvgIpc) is 3.11. The van der Waals surface area contributed by atoms with Gasteiger partial charge in [0.25, 0.3) is 0 Å². The van der Waals surface area contributed by atoms with Gasteiger partial charge in [-0.2, -0.15) is 4.98 Å². The van der Waals surface area contributed by atoms with Gasteiger partial charge >= 0.3 is 0 Å². The fourth-order valence-electron chi connectivity index (χ4n) is 4.02. The van der Waals surface area contributed by atoms with E-state index in [0.29, 0.717) is 5.28 Å². The van der Waals surface area contributed by atoms with Crippen molar-refractivity contribution >= 4 is 39.0 Å². The molecule has 0 bridgehead atoms. The van der Waals surface area contributed by atoms with E-state index < -0.39 is 0 Å². The number of anilines is 1. The molecule has 0 saturated carbocycles.